The van der Waals surface area contributed by atoms with Gasteiger partial charge in [-0.2, -0.15) is 0 Å². The summed E-state index contributed by atoms with van der Waals surface area (Å²) in [7, 11) is 0. The van der Waals surface area contributed by atoms with E-state index in [1.54, 1.807) is 0 Å². The number of rotatable bonds is 49. The molecule has 68 heavy (non-hydrogen) atoms. The summed E-state index contributed by atoms with van der Waals surface area (Å²) in [6.07, 6.45) is 75.1. The maximum atomic E-state index is 12.8. The van der Waals surface area contributed by atoms with E-state index in [2.05, 4.69) is 130 Å². The van der Waals surface area contributed by atoms with Crippen LogP contribution in [0.2, 0.25) is 0 Å². The van der Waals surface area contributed by atoms with Crippen molar-refractivity contribution in [1.29, 1.82) is 0 Å². The van der Waals surface area contributed by atoms with Crippen LogP contribution in [0.15, 0.2) is 109 Å². The van der Waals surface area contributed by atoms with Gasteiger partial charge in [0.25, 0.3) is 0 Å². The van der Waals surface area contributed by atoms with Crippen molar-refractivity contribution < 1.29 is 28.6 Å². The molecular formula is C62H102O6. The summed E-state index contributed by atoms with van der Waals surface area (Å²) in [6, 6.07) is 0. The van der Waals surface area contributed by atoms with E-state index in [0.717, 1.165) is 116 Å². The third kappa shape index (κ3) is 53.0. The van der Waals surface area contributed by atoms with E-state index < -0.39 is 6.10 Å². The van der Waals surface area contributed by atoms with Crippen molar-refractivity contribution in [3.8, 4) is 0 Å². The molecule has 0 aliphatic rings. The fraction of sp³-hybridized carbons (Fsp3) is 0.661. The van der Waals surface area contributed by atoms with Crippen molar-refractivity contribution in [3.05, 3.63) is 109 Å². The molecule has 0 bridgehead atoms. The van der Waals surface area contributed by atoms with Crippen LogP contribution in [-0.2, 0) is 28.6 Å². The normalized spacial score (nSPS) is 12.9. The van der Waals surface area contributed by atoms with Crippen LogP contribution in [0.5, 0.6) is 0 Å². The van der Waals surface area contributed by atoms with E-state index >= 15 is 0 Å². The molecule has 1 unspecified atom stereocenters. The van der Waals surface area contributed by atoms with Gasteiger partial charge in [0.05, 0.1) is 0 Å². The zero-order chi connectivity index (χ0) is 49.3. The second kappa shape index (κ2) is 55.7. The molecule has 0 amide bonds. The van der Waals surface area contributed by atoms with Crippen LogP contribution in [0.1, 0.15) is 245 Å². The zero-order valence-electron chi connectivity index (χ0n) is 44.1. The van der Waals surface area contributed by atoms with Gasteiger partial charge in [-0.1, -0.05) is 220 Å². The largest absolute Gasteiger partial charge is 0.462 e. The van der Waals surface area contributed by atoms with Crippen LogP contribution in [-0.4, -0.2) is 37.2 Å². The molecule has 0 saturated carbocycles. The third-order valence-corrected chi connectivity index (χ3v) is 11.5. The first-order valence-corrected chi connectivity index (χ1v) is 27.9. The SMILES string of the molecule is CC/C=C\C/C=C\C/C=C\C/C=C\C/C=C\CCCC(=O)OC(COC(=O)CCCCCCC/C=C\C/C=C\C/C=C\CC)COC(=O)CCCCCCCCC/C=C\CCCCCCCCC. The van der Waals surface area contributed by atoms with E-state index in [9.17, 15) is 14.4 Å². The summed E-state index contributed by atoms with van der Waals surface area (Å²) >= 11 is 0. The van der Waals surface area contributed by atoms with Crippen LogP contribution < -0.4 is 0 Å². The molecule has 0 N–H and O–H groups in total. The summed E-state index contributed by atoms with van der Waals surface area (Å²) in [5, 5.41) is 0. The molecule has 0 fully saturated rings. The molecule has 0 aromatic carbocycles. The fourth-order valence-corrected chi connectivity index (χ4v) is 7.37. The third-order valence-electron chi connectivity index (χ3n) is 11.5. The minimum atomic E-state index is -0.819. The Morgan fingerprint density at radius 1 is 0.309 bits per heavy atom. The highest BCUT2D eigenvalue weighted by atomic mass is 16.6. The summed E-state index contributed by atoms with van der Waals surface area (Å²) in [4.78, 5) is 38.1. The Morgan fingerprint density at radius 3 is 0.956 bits per heavy atom. The van der Waals surface area contributed by atoms with Crippen LogP contribution in [0.4, 0.5) is 0 Å². The molecule has 0 aliphatic carbocycles. The highest BCUT2D eigenvalue weighted by Crippen LogP contribution is 2.14. The number of ether oxygens (including phenoxy) is 3. The Morgan fingerprint density at radius 2 is 0.588 bits per heavy atom. The minimum Gasteiger partial charge on any atom is -0.462 e. The first-order chi connectivity index (χ1) is 33.5. The first kappa shape index (κ1) is 64.1. The maximum absolute atomic E-state index is 12.8. The minimum absolute atomic E-state index is 0.110. The monoisotopic (exact) mass is 943 g/mol. The predicted octanol–water partition coefficient (Wildman–Crippen LogP) is 18.7. The van der Waals surface area contributed by atoms with Gasteiger partial charge in [-0.3, -0.25) is 14.4 Å². The van der Waals surface area contributed by atoms with Gasteiger partial charge in [0, 0.05) is 19.3 Å². The van der Waals surface area contributed by atoms with Crippen molar-refractivity contribution >= 4 is 17.9 Å². The summed E-state index contributed by atoms with van der Waals surface area (Å²) in [5.74, 6) is -0.992. The smallest absolute Gasteiger partial charge is 0.306 e. The Bertz CT molecular complexity index is 1410. The Kier molecular flexibility index (Phi) is 52.4. The highest BCUT2D eigenvalue weighted by Gasteiger charge is 2.19. The highest BCUT2D eigenvalue weighted by molar-refractivity contribution is 5.71. The molecular weight excluding hydrogens is 841 g/mol. The summed E-state index contributed by atoms with van der Waals surface area (Å²) in [6.45, 7) is 6.35. The van der Waals surface area contributed by atoms with Gasteiger partial charge in [-0.25, -0.2) is 0 Å². The number of carbonyl (C=O) groups is 3. The van der Waals surface area contributed by atoms with Crippen molar-refractivity contribution in [1.82, 2.24) is 0 Å². The van der Waals surface area contributed by atoms with Crippen LogP contribution >= 0.6 is 0 Å². The average Bonchev–Trinajstić information content (AvgIpc) is 3.34. The molecule has 0 heterocycles. The fourth-order valence-electron chi connectivity index (χ4n) is 7.37. The van der Waals surface area contributed by atoms with E-state index in [0.29, 0.717) is 19.3 Å². The molecule has 6 nitrogen and oxygen atoms in total. The number of hydrogen-bond donors (Lipinski definition) is 0. The quantitative estimate of drug-likeness (QED) is 0.0262. The predicted molar refractivity (Wildman–Crippen MR) is 293 cm³/mol. The number of unbranched alkanes of at least 4 members (excludes halogenated alkanes) is 20. The molecule has 1 atom stereocenters. The number of allylic oxidation sites excluding steroid dienone is 18. The molecule has 6 heteroatoms. The molecule has 0 aromatic rings. The lowest BCUT2D eigenvalue weighted by molar-refractivity contribution is -0.167. The van der Waals surface area contributed by atoms with Gasteiger partial charge in [0.2, 0.25) is 0 Å². The van der Waals surface area contributed by atoms with E-state index in [4.69, 9.17) is 14.2 Å². The van der Waals surface area contributed by atoms with Crippen LogP contribution in [0.3, 0.4) is 0 Å². The average molecular weight is 943 g/mol. The van der Waals surface area contributed by atoms with Gasteiger partial charge in [0.1, 0.15) is 13.2 Å². The first-order valence-electron chi connectivity index (χ1n) is 27.9. The summed E-state index contributed by atoms with van der Waals surface area (Å²) in [5.41, 5.74) is 0. The van der Waals surface area contributed by atoms with E-state index in [-0.39, 0.29) is 37.5 Å². The summed E-state index contributed by atoms with van der Waals surface area (Å²) < 4.78 is 16.8. The molecule has 0 aromatic heterocycles. The molecule has 0 aliphatic heterocycles. The zero-order valence-corrected chi connectivity index (χ0v) is 44.1. The number of esters is 3. The molecule has 386 valence electrons. The maximum Gasteiger partial charge on any atom is 0.306 e. The standard InChI is InChI=1S/C62H102O6/c1-4-7-10-13-16-19-22-25-28-30-32-34-37-40-43-46-49-52-55-61(64)67-58-59(57-66-60(63)54-51-48-45-42-39-36-33-27-24-21-18-15-12-9-6-3)68-62(65)56-53-50-47-44-41-38-35-31-29-26-23-20-17-14-11-8-5-2/h8-9,11-12,17-18,20-21,26-30,33,35,38,44,47,59H,4-7,10,13-16,19,22-25,31-32,34,36-37,39-43,45-46,48-58H2,1-3H3/b11-8-,12-9-,20-17-,21-18-,29-26-,30-28-,33-27-,38-35-,47-44-. The topological polar surface area (TPSA) is 78.9 Å². The second-order valence-electron chi connectivity index (χ2n) is 18.1. The molecule has 0 spiro atoms. The van der Waals surface area contributed by atoms with Gasteiger partial charge in [-0.05, 0) is 116 Å². The van der Waals surface area contributed by atoms with Crippen LogP contribution in [0, 0.1) is 0 Å². The van der Waals surface area contributed by atoms with Crippen molar-refractivity contribution in [2.75, 3.05) is 13.2 Å². The van der Waals surface area contributed by atoms with E-state index in [1.165, 1.54) is 83.5 Å². The lowest BCUT2D eigenvalue weighted by Gasteiger charge is -2.18. The Labute approximate surface area is 419 Å². The Balaban J connectivity index is 4.51. The number of hydrogen-bond acceptors (Lipinski definition) is 6. The number of carbonyl (C=O) groups excluding carboxylic acids is 3. The van der Waals surface area contributed by atoms with Gasteiger partial charge in [-0.15, -0.1) is 0 Å². The van der Waals surface area contributed by atoms with E-state index in [1.807, 2.05) is 0 Å². The van der Waals surface area contributed by atoms with Gasteiger partial charge in [0.15, 0.2) is 6.10 Å². The van der Waals surface area contributed by atoms with Crippen LogP contribution in [0.25, 0.3) is 0 Å². The lowest BCUT2D eigenvalue weighted by atomic mass is 10.1. The second-order valence-corrected chi connectivity index (χ2v) is 18.1. The molecule has 0 rings (SSSR count). The van der Waals surface area contributed by atoms with Crippen molar-refractivity contribution in [2.24, 2.45) is 0 Å². The molecule has 0 saturated heterocycles. The molecule has 0 radical (unpaired) electrons. The lowest BCUT2D eigenvalue weighted by Crippen LogP contribution is -2.30. The van der Waals surface area contributed by atoms with Crippen molar-refractivity contribution in [3.63, 3.8) is 0 Å². The van der Waals surface area contributed by atoms with Crippen molar-refractivity contribution in [2.45, 2.75) is 252 Å². The Hall–Kier alpha value is -3.93. The van der Waals surface area contributed by atoms with Gasteiger partial charge < -0.3 is 14.2 Å². The van der Waals surface area contributed by atoms with Gasteiger partial charge >= 0.3 is 17.9 Å².